The maximum atomic E-state index is 13.9. The van der Waals surface area contributed by atoms with E-state index in [9.17, 15) is 14.4 Å². The van der Waals surface area contributed by atoms with Crippen LogP contribution >= 0.6 is 11.6 Å². The molecular weight excluding hydrogens is 464 g/mol. The van der Waals surface area contributed by atoms with Crippen LogP contribution in [0.25, 0.3) is 22.3 Å². The molecular formula is C27H25ClN4O3. The first kappa shape index (κ1) is 24.2. The highest BCUT2D eigenvalue weighted by molar-refractivity contribution is 6.31. The van der Waals surface area contributed by atoms with Crippen LogP contribution in [0.4, 0.5) is 11.4 Å². The number of amides is 2. The van der Waals surface area contributed by atoms with Gasteiger partial charge < -0.3 is 10.6 Å². The van der Waals surface area contributed by atoms with Crippen molar-refractivity contribution in [2.24, 2.45) is 0 Å². The van der Waals surface area contributed by atoms with Gasteiger partial charge in [0.15, 0.2) is 0 Å². The first-order chi connectivity index (χ1) is 16.8. The molecule has 35 heavy (non-hydrogen) atoms. The third kappa shape index (κ3) is 4.81. The van der Waals surface area contributed by atoms with Crippen LogP contribution in [0.15, 0.2) is 71.5 Å². The summed E-state index contributed by atoms with van der Waals surface area (Å²) in [5.74, 6) is -0.598. The molecule has 0 saturated heterocycles. The van der Waals surface area contributed by atoms with E-state index in [2.05, 4.69) is 15.6 Å². The summed E-state index contributed by atoms with van der Waals surface area (Å²) in [6.07, 6.45) is 0.367. The topological polar surface area (TPSA) is 93.1 Å². The van der Waals surface area contributed by atoms with Crippen molar-refractivity contribution < 1.29 is 9.59 Å². The lowest BCUT2D eigenvalue weighted by molar-refractivity contribution is -0.119. The van der Waals surface area contributed by atoms with Crippen molar-refractivity contribution >= 4 is 45.8 Å². The van der Waals surface area contributed by atoms with Crippen LogP contribution in [-0.2, 0) is 9.59 Å². The van der Waals surface area contributed by atoms with Crippen molar-refractivity contribution in [3.63, 3.8) is 0 Å². The summed E-state index contributed by atoms with van der Waals surface area (Å²) < 4.78 is 1.48. The lowest BCUT2D eigenvalue weighted by Gasteiger charge is -2.22. The Balaban J connectivity index is 1.89. The quantitative estimate of drug-likeness (QED) is 0.371. The Hall–Kier alpha value is -3.97. The number of carbonyl (C=O) groups is 2. The summed E-state index contributed by atoms with van der Waals surface area (Å²) in [5, 5.41) is 6.23. The van der Waals surface area contributed by atoms with Crippen LogP contribution in [0.1, 0.15) is 31.9 Å². The molecule has 178 valence electrons. The van der Waals surface area contributed by atoms with Crippen molar-refractivity contribution in [3.05, 3.63) is 87.7 Å². The number of nitrogens with zero attached hydrogens (tertiary/aromatic N) is 2. The molecule has 0 aliphatic heterocycles. The number of fused-ring (bicyclic) bond motifs is 1. The van der Waals surface area contributed by atoms with Gasteiger partial charge in [-0.05, 0) is 49.2 Å². The lowest BCUT2D eigenvalue weighted by Crippen LogP contribution is -2.34. The predicted octanol–water partition coefficient (Wildman–Crippen LogP) is 5.57. The maximum Gasteiger partial charge on any atom is 0.278 e. The van der Waals surface area contributed by atoms with E-state index in [1.54, 1.807) is 60.7 Å². The maximum absolute atomic E-state index is 13.9. The second-order valence-electron chi connectivity index (χ2n) is 8.18. The molecule has 1 aromatic heterocycles. The van der Waals surface area contributed by atoms with Gasteiger partial charge in [-0.15, -0.1) is 0 Å². The SMILES string of the molecule is CC[C@H](C(=O)Nc1cccc(Cl)c1C)n1c(=O)c(-c2ccccc2NC(C)=O)nc2ccccc21. The van der Waals surface area contributed by atoms with Gasteiger partial charge in [-0.3, -0.25) is 19.0 Å². The molecule has 2 N–H and O–H groups in total. The Morgan fingerprint density at radius 3 is 2.40 bits per heavy atom. The second kappa shape index (κ2) is 10.1. The average molecular weight is 489 g/mol. The summed E-state index contributed by atoms with van der Waals surface area (Å²) >= 11 is 6.23. The molecule has 7 nitrogen and oxygen atoms in total. The van der Waals surface area contributed by atoms with Crippen molar-refractivity contribution in [3.8, 4) is 11.3 Å². The number of benzene rings is 3. The van der Waals surface area contributed by atoms with Gasteiger partial charge in [0.2, 0.25) is 11.8 Å². The van der Waals surface area contributed by atoms with Gasteiger partial charge in [-0.2, -0.15) is 0 Å². The van der Waals surface area contributed by atoms with Crippen molar-refractivity contribution in [2.45, 2.75) is 33.2 Å². The minimum atomic E-state index is -0.805. The molecule has 0 unspecified atom stereocenters. The number of nitrogens with one attached hydrogen (secondary N) is 2. The molecule has 0 fully saturated rings. The normalized spacial score (nSPS) is 11.8. The Morgan fingerprint density at radius 2 is 1.66 bits per heavy atom. The van der Waals surface area contributed by atoms with Gasteiger partial charge in [0.1, 0.15) is 11.7 Å². The fraction of sp³-hybridized carbons (Fsp3) is 0.185. The van der Waals surface area contributed by atoms with E-state index in [4.69, 9.17) is 11.6 Å². The molecule has 8 heteroatoms. The number of para-hydroxylation sites is 3. The van der Waals surface area contributed by atoms with Gasteiger partial charge in [-0.1, -0.05) is 54.9 Å². The average Bonchev–Trinajstić information content (AvgIpc) is 2.83. The van der Waals surface area contributed by atoms with Gasteiger partial charge >= 0.3 is 0 Å². The molecule has 4 aromatic rings. The number of aromatic nitrogens is 2. The summed E-state index contributed by atoms with van der Waals surface area (Å²) in [6.45, 7) is 5.07. The minimum absolute atomic E-state index is 0.151. The Bertz CT molecular complexity index is 1500. The monoisotopic (exact) mass is 488 g/mol. The number of hydrogen-bond acceptors (Lipinski definition) is 4. The van der Waals surface area contributed by atoms with E-state index >= 15 is 0 Å². The van der Waals surface area contributed by atoms with Crippen molar-refractivity contribution in [2.75, 3.05) is 10.6 Å². The van der Waals surface area contributed by atoms with Crippen LogP contribution in [0.5, 0.6) is 0 Å². The zero-order valence-corrected chi connectivity index (χ0v) is 20.4. The molecule has 0 aliphatic carbocycles. The van der Waals surface area contributed by atoms with E-state index in [1.807, 2.05) is 19.9 Å². The highest BCUT2D eigenvalue weighted by atomic mass is 35.5. The number of anilines is 2. The van der Waals surface area contributed by atoms with Crippen LogP contribution in [-0.4, -0.2) is 21.4 Å². The third-order valence-corrected chi connectivity index (χ3v) is 6.22. The summed E-state index contributed by atoms with van der Waals surface area (Å²) in [4.78, 5) is 43.7. The Labute approximate surface area is 207 Å². The fourth-order valence-corrected chi connectivity index (χ4v) is 4.25. The smallest absolute Gasteiger partial charge is 0.278 e. The van der Waals surface area contributed by atoms with Crippen LogP contribution in [0, 0.1) is 6.92 Å². The van der Waals surface area contributed by atoms with Crippen molar-refractivity contribution in [1.82, 2.24) is 9.55 Å². The lowest BCUT2D eigenvalue weighted by atomic mass is 10.1. The molecule has 1 atom stereocenters. The van der Waals surface area contributed by atoms with Gasteiger partial charge in [-0.25, -0.2) is 4.98 Å². The van der Waals surface area contributed by atoms with Gasteiger partial charge in [0.25, 0.3) is 5.56 Å². The zero-order chi connectivity index (χ0) is 25.1. The van der Waals surface area contributed by atoms with Crippen molar-refractivity contribution in [1.29, 1.82) is 0 Å². The first-order valence-corrected chi connectivity index (χ1v) is 11.6. The summed E-state index contributed by atoms with van der Waals surface area (Å²) in [5.41, 5.74) is 3.11. The number of rotatable bonds is 6. The fourth-order valence-electron chi connectivity index (χ4n) is 4.07. The predicted molar refractivity (Wildman–Crippen MR) is 140 cm³/mol. The van der Waals surface area contributed by atoms with Gasteiger partial charge in [0.05, 0.1) is 16.7 Å². The molecule has 0 bridgehead atoms. The van der Waals surface area contributed by atoms with Crippen LogP contribution in [0.3, 0.4) is 0 Å². The van der Waals surface area contributed by atoms with Gasteiger partial charge in [0, 0.05) is 23.2 Å². The minimum Gasteiger partial charge on any atom is -0.326 e. The highest BCUT2D eigenvalue weighted by Crippen LogP contribution is 2.28. The molecule has 0 spiro atoms. The largest absolute Gasteiger partial charge is 0.326 e. The third-order valence-electron chi connectivity index (χ3n) is 5.81. The van der Waals surface area contributed by atoms with E-state index in [0.29, 0.717) is 39.4 Å². The Kier molecular flexibility index (Phi) is 6.98. The molecule has 4 rings (SSSR count). The van der Waals surface area contributed by atoms with Crippen LogP contribution < -0.4 is 16.2 Å². The Morgan fingerprint density at radius 1 is 0.971 bits per heavy atom. The van der Waals surface area contributed by atoms with E-state index in [1.165, 1.54) is 11.5 Å². The van der Waals surface area contributed by atoms with Crippen LogP contribution in [0.2, 0.25) is 5.02 Å². The van der Waals surface area contributed by atoms with E-state index in [0.717, 1.165) is 5.56 Å². The molecule has 1 heterocycles. The number of hydrogen-bond donors (Lipinski definition) is 2. The molecule has 0 radical (unpaired) electrons. The summed E-state index contributed by atoms with van der Waals surface area (Å²) in [6, 6.07) is 18.6. The zero-order valence-electron chi connectivity index (χ0n) is 19.6. The summed E-state index contributed by atoms with van der Waals surface area (Å²) in [7, 11) is 0. The molecule has 0 aliphatic rings. The highest BCUT2D eigenvalue weighted by Gasteiger charge is 2.25. The molecule has 0 saturated carbocycles. The molecule has 2 amide bonds. The standard InChI is InChI=1S/C27H25ClN4O3/c1-4-23(26(34)31-20-14-9-11-19(28)16(20)2)32-24-15-8-7-13-22(24)30-25(27(32)35)18-10-5-6-12-21(18)29-17(3)33/h5-15,23H,4H2,1-3H3,(H,29,33)(H,31,34)/t23-/m1/s1. The van der Waals surface area contributed by atoms with E-state index in [-0.39, 0.29) is 17.5 Å². The van der Waals surface area contributed by atoms with E-state index < -0.39 is 11.6 Å². The number of halogens is 1. The number of carbonyl (C=O) groups excluding carboxylic acids is 2. The molecule has 3 aromatic carbocycles. The second-order valence-corrected chi connectivity index (χ2v) is 8.58. The first-order valence-electron chi connectivity index (χ1n) is 11.3.